The van der Waals surface area contributed by atoms with Crippen molar-refractivity contribution in [3.05, 3.63) is 0 Å². The van der Waals surface area contributed by atoms with E-state index in [-0.39, 0.29) is 18.0 Å². The summed E-state index contributed by atoms with van der Waals surface area (Å²) in [5, 5.41) is 3.02. The van der Waals surface area contributed by atoms with Gasteiger partial charge in [0, 0.05) is 32.2 Å². The summed E-state index contributed by atoms with van der Waals surface area (Å²) in [6.45, 7) is 6.27. The number of rotatable bonds is 5. The Balaban J connectivity index is 1.58. The van der Waals surface area contributed by atoms with Gasteiger partial charge in [-0.3, -0.25) is 14.6 Å². The molecule has 0 aromatic heterocycles. The molecule has 2 aliphatic rings. The van der Waals surface area contributed by atoms with E-state index in [1.807, 2.05) is 11.9 Å². The molecule has 2 aliphatic heterocycles. The summed E-state index contributed by atoms with van der Waals surface area (Å²) in [5.41, 5.74) is 5.87. The van der Waals surface area contributed by atoms with E-state index in [1.165, 1.54) is 0 Å². The fourth-order valence-electron chi connectivity index (χ4n) is 2.80. The van der Waals surface area contributed by atoms with E-state index in [9.17, 15) is 4.79 Å². The summed E-state index contributed by atoms with van der Waals surface area (Å²) in [4.78, 5) is 16.4. The van der Waals surface area contributed by atoms with Gasteiger partial charge in [0.15, 0.2) is 0 Å². The predicted molar refractivity (Wildman–Crippen MR) is 73.9 cm³/mol. The molecule has 2 rings (SSSR count). The van der Waals surface area contributed by atoms with Crippen molar-refractivity contribution >= 4 is 5.91 Å². The summed E-state index contributed by atoms with van der Waals surface area (Å²) in [7, 11) is 1.96. The molecule has 2 heterocycles. The van der Waals surface area contributed by atoms with Crippen molar-refractivity contribution in [3.63, 3.8) is 0 Å². The summed E-state index contributed by atoms with van der Waals surface area (Å²) in [5.74, 6) is 0.123. The van der Waals surface area contributed by atoms with Crippen LogP contribution in [0.1, 0.15) is 12.8 Å². The fourth-order valence-corrected chi connectivity index (χ4v) is 2.80. The van der Waals surface area contributed by atoms with Crippen LogP contribution in [0, 0.1) is 0 Å². The van der Waals surface area contributed by atoms with Crippen LogP contribution < -0.4 is 11.1 Å². The SMILES string of the molecule is CN1C[C@@H](N)C[C@H]1C(=O)NCCCN1CCOCC1. The number of carbonyl (C=O) groups excluding carboxylic acids is 1. The highest BCUT2D eigenvalue weighted by atomic mass is 16.5. The van der Waals surface area contributed by atoms with Crippen molar-refractivity contribution in [2.24, 2.45) is 5.73 Å². The quantitative estimate of drug-likeness (QED) is 0.618. The van der Waals surface area contributed by atoms with Crippen LogP contribution in [0.15, 0.2) is 0 Å². The number of hydrogen-bond acceptors (Lipinski definition) is 5. The molecule has 2 saturated heterocycles. The summed E-state index contributed by atoms with van der Waals surface area (Å²) in [6, 6.07) is 0.0903. The van der Waals surface area contributed by atoms with Gasteiger partial charge in [0.25, 0.3) is 0 Å². The van der Waals surface area contributed by atoms with Crippen LogP contribution in [-0.4, -0.2) is 80.8 Å². The molecule has 0 unspecified atom stereocenters. The second-order valence-electron chi connectivity index (χ2n) is 5.55. The Labute approximate surface area is 115 Å². The van der Waals surface area contributed by atoms with E-state index in [0.717, 1.165) is 58.8 Å². The van der Waals surface area contributed by atoms with E-state index < -0.39 is 0 Å². The van der Waals surface area contributed by atoms with Gasteiger partial charge in [0.1, 0.15) is 0 Å². The molecular weight excluding hydrogens is 244 g/mol. The lowest BCUT2D eigenvalue weighted by molar-refractivity contribution is -0.125. The minimum atomic E-state index is -0.0432. The molecule has 0 aromatic rings. The first-order chi connectivity index (χ1) is 9.16. The zero-order valence-electron chi connectivity index (χ0n) is 11.8. The highest BCUT2D eigenvalue weighted by molar-refractivity contribution is 5.82. The highest BCUT2D eigenvalue weighted by Gasteiger charge is 2.32. The molecule has 0 aliphatic carbocycles. The lowest BCUT2D eigenvalue weighted by atomic mass is 10.1. The van der Waals surface area contributed by atoms with Gasteiger partial charge in [0.05, 0.1) is 19.3 Å². The maximum absolute atomic E-state index is 12.0. The number of carbonyl (C=O) groups is 1. The van der Waals surface area contributed by atoms with Crippen LogP contribution in [-0.2, 0) is 9.53 Å². The van der Waals surface area contributed by atoms with E-state index in [2.05, 4.69) is 10.2 Å². The van der Waals surface area contributed by atoms with Crippen molar-refractivity contribution in [2.75, 3.05) is 53.0 Å². The average molecular weight is 270 g/mol. The summed E-state index contributed by atoms with van der Waals surface area (Å²) < 4.78 is 5.30. The first-order valence-electron chi connectivity index (χ1n) is 7.20. The third kappa shape index (κ3) is 4.42. The standard InChI is InChI=1S/C13H26N4O2/c1-16-10-11(14)9-12(16)13(18)15-3-2-4-17-5-7-19-8-6-17/h11-12H,2-10,14H2,1H3,(H,15,18)/t11-,12-/m0/s1. The first-order valence-corrected chi connectivity index (χ1v) is 7.20. The Morgan fingerprint density at radius 2 is 2.16 bits per heavy atom. The van der Waals surface area contributed by atoms with Crippen LogP contribution in [0.2, 0.25) is 0 Å². The molecule has 0 aromatic carbocycles. The molecule has 19 heavy (non-hydrogen) atoms. The van der Waals surface area contributed by atoms with Crippen molar-refractivity contribution in [2.45, 2.75) is 24.9 Å². The van der Waals surface area contributed by atoms with Crippen LogP contribution in [0.5, 0.6) is 0 Å². The van der Waals surface area contributed by atoms with Crippen LogP contribution in [0.25, 0.3) is 0 Å². The molecule has 0 radical (unpaired) electrons. The summed E-state index contributed by atoms with van der Waals surface area (Å²) in [6.07, 6.45) is 1.76. The largest absolute Gasteiger partial charge is 0.379 e. The molecular formula is C13H26N4O2. The molecule has 0 spiro atoms. The number of likely N-dealkylation sites (tertiary alicyclic amines) is 1. The first kappa shape index (κ1) is 14.7. The minimum Gasteiger partial charge on any atom is -0.379 e. The molecule has 2 fully saturated rings. The molecule has 6 heteroatoms. The van der Waals surface area contributed by atoms with Gasteiger partial charge >= 0.3 is 0 Å². The monoisotopic (exact) mass is 270 g/mol. The van der Waals surface area contributed by atoms with E-state index in [0.29, 0.717) is 0 Å². The number of hydrogen-bond donors (Lipinski definition) is 2. The Bertz CT molecular complexity index is 294. The number of ether oxygens (including phenoxy) is 1. The van der Waals surface area contributed by atoms with Crippen LogP contribution >= 0.6 is 0 Å². The fraction of sp³-hybridized carbons (Fsp3) is 0.923. The number of nitrogens with zero attached hydrogens (tertiary/aromatic N) is 2. The van der Waals surface area contributed by atoms with Gasteiger partial charge in [-0.25, -0.2) is 0 Å². The Kier molecular flexibility index (Phi) is 5.57. The predicted octanol–water partition coefficient (Wildman–Crippen LogP) is -1.14. The third-order valence-corrected chi connectivity index (χ3v) is 3.94. The normalized spacial score (nSPS) is 29.6. The van der Waals surface area contributed by atoms with Gasteiger partial charge in [-0.05, 0) is 26.4 Å². The number of nitrogens with one attached hydrogen (secondary N) is 1. The maximum Gasteiger partial charge on any atom is 0.237 e. The second kappa shape index (κ2) is 7.19. The molecule has 6 nitrogen and oxygen atoms in total. The van der Waals surface area contributed by atoms with Gasteiger partial charge in [-0.2, -0.15) is 0 Å². The van der Waals surface area contributed by atoms with Gasteiger partial charge in [0.2, 0.25) is 5.91 Å². The zero-order valence-corrected chi connectivity index (χ0v) is 11.8. The molecule has 1 amide bonds. The summed E-state index contributed by atoms with van der Waals surface area (Å²) >= 11 is 0. The van der Waals surface area contributed by atoms with E-state index in [4.69, 9.17) is 10.5 Å². The Morgan fingerprint density at radius 3 is 2.79 bits per heavy atom. The van der Waals surface area contributed by atoms with Crippen LogP contribution in [0.4, 0.5) is 0 Å². The zero-order chi connectivity index (χ0) is 13.7. The van der Waals surface area contributed by atoms with E-state index >= 15 is 0 Å². The molecule has 0 bridgehead atoms. The van der Waals surface area contributed by atoms with Gasteiger partial charge in [-0.15, -0.1) is 0 Å². The smallest absolute Gasteiger partial charge is 0.237 e. The topological polar surface area (TPSA) is 70.8 Å². The number of amides is 1. The number of morpholine rings is 1. The van der Waals surface area contributed by atoms with Crippen molar-refractivity contribution < 1.29 is 9.53 Å². The van der Waals surface area contributed by atoms with Crippen molar-refractivity contribution in [3.8, 4) is 0 Å². The highest BCUT2D eigenvalue weighted by Crippen LogP contribution is 2.13. The van der Waals surface area contributed by atoms with Crippen molar-refractivity contribution in [1.29, 1.82) is 0 Å². The van der Waals surface area contributed by atoms with E-state index in [1.54, 1.807) is 0 Å². The maximum atomic E-state index is 12.0. The number of nitrogens with two attached hydrogens (primary N) is 1. The third-order valence-electron chi connectivity index (χ3n) is 3.94. The van der Waals surface area contributed by atoms with Crippen molar-refractivity contribution in [1.82, 2.24) is 15.1 Å². The average Bonchev–Trinajstić information content (AvgIpc) is 2.75. The second-order valence-corrected chi connectivity index (χ2v) is 5.55. The Morgan fingerprint density at radius 1 is 1.42 bits per heavy atom. The number of likely N-dealkylation sites (N-methyl/N-ethyl adjacent to an activating group) is 1. The lowest BCUT2D eigenvalue weighted by Crippen LogP contribution is -2.43. The molecule has 110 valence electrons. The Hall–Kier alpha value is -0.690. The lowest BCUT2D eigenvalue weighted by Gasteiger charge is -2.26. The molecule has 0 saturated carbocycles. The molecule has 3 N–H and O–H groups in total. The van der Waals surface area contributed by atoms with Gasteiger partial charge in [-0.1, -0.05) is 0 Å². The van der Waals surface area contributed by atoms with Gasteiger partial charge < -0.3 is 15.8 Å². The molecule has 2 atom stereocenters. The minimum absolute atomic E-state index is 0.0432. The van der Waals surface area contributed by atoms with Crippen LogP contribution in [0.3, 0.4) is 0 Å².